The largest absolute Gasteiger partial charge is 0.339 e. The standard InChI is InChI=1S/C16H19N3O/c1-2-6-13-12(4-1)5-3-7-14(13)16-18-15(20-19-16)8-11-9-17-10-11/h1-2,4,6,11,14,17H,3,5,7-10H2. The number of hydrogen-bond acceptors (Lipinski definition) is 4. The van der Waals surface area contributed by atoms with E-state index < -0.39 is 0 Å². The minimum atomic E-state index is 0.317. The summed E-state index contributed by atoms with van der Waals surface area (Å²) in [6, 6.07) is 8.66. The van der Waals surface area contributed by atoms with E-state index in [2.05, 4.69) is 39.7 Å². The van der Waals surface area contributed by atoms with Crippen molar-refractivity contribution in [1.82, 2.24) is 15.5 Å². The molecule has 0 radical (unpaired) electrons. The molecule has 2 heterocycles. The summed E-state index contributed by atoms with van der Waals surface area (Å²) < 4.78 is 5.45. The molecule has 4 rings (SSSR count). The van der Waals surface area contributed by atoms with Crippen molar-refractivity contribution in [3.8, 4) is 0 Å². The van der Waals surface area contributed by atoms with Crippen LogP contribution in [0.5, 0.6) is 0 Å². The molecule has 0 spiro atoms. The third-order valence-corrected chi connectivity index (χ3v) is 4.49. The zero-order chi connectivity index (χ0) is 13.4. The molecule has 0 bridgehead atoms. The van der Waals surface area contributed by atoms with E-state index in [1.807, 2.05) is 0 Å². The van der Waals surface area contributed by atoms with Crippen LogP contribution in [0.1, 0.15) is 41.6 Å². The van der Waals surface area contributed by atoms with Gasteiger partial charge in [0.15, 0.2) is 5.82 Å². The summed E-state index contributed by atoms with van der Waals surface area (Å²) in [4.78, 5) is 4.65. The molecule has 1 N–H and O–H groups in total. The van der Waals surface area contributed by atoms with Crippen molar-refractivity contribution in [2.45, 2.75) is 31.6 Å². The quantitative estimate of drug-likeness (QED) is 0.929. The van der Waals surface area contributed by atoms with Crippen LogP contribution in [-0.2, 0) is 12.8 Å². The minimum absolute atomic E-state index is 0.317. The zero-order valence-corrected chi connectivity index (χ0v) is 11.5. The van der Waals surface area contributed by atoms with Crippen molar-refractivity contribution >= 4 is 0 Å². The van der Waals surface area contributed by atoms with Crippen molar-refractivity contribution in [3.05, 3.63) is 47.1 Å². The normalized spacial score (nSPS) is 22.3. The van der Waals surface area contributed by atoms with Crippen LogP contribution in [0, 0.1) is 5.92 Å². The lowest BCUT2D eigenvalue weighted by Crippen LogP contribution is -2.43. The fourth-order valence-corrected chi connectivity index (χ4v) is 3.25. The Hall–Kier alpha value is -1.68. The number of aromatic nitrogens is 2. The van der Waals surface area contributed by atoms with Crippen LogP contribution >= 0.6 is 0 Å². The van der Waals surface area contributed by atoms with E-state index in [0.29, 0.717) is 11.8 Å². The Kier molecular flexibility index (Phi) is 3.03. The topological polar surface area (TPSA) is 51.0 Å². The van der Waals surface area contributed by atoms with Gasteiger partial charge in [-0.2, -0.15) is 4.98 Å². The number of fused-ring (bicyclic) bond motifs is 1. The van der Waals surface area contributed by atoms with E-state index in [4.69, 9.17) is 4.52 Å². The highest BCUT2D eigenvalue weighted by molar-refractivity contribution is 5.36. The second-order valence-electron chi connectivity index (χ2n) is 5.92. The summed E-state index contributed by atoms with van der Waals surface area (Å²) in [5.74, 6) is 2.66. The molecule has 1 aromatic heterocycles. The Morgan fingerprint density at radius 1 is 1.25 bits per heavy atom. The SMILES string of the molecule is c1ccc2c(c1)CCCC2c1noc(CC2CNC2)n1. The summed E-state index contributed by atoms with van der Waals surface area (Å²) in [6.07, 6.45) is 4.42. The first kappa shape index (κ1) is 12.1. The summed E-state index contributed by atoms with van der Waals surface area (Å²) in [5.41, 5.74) is 2.83. The van der Waals surface area contributed by atoms with Gasteiger partial charge in [-0.3, -0.25) is 0 Å². The Labute approximate surface area is 118 Å². The van der Waals surface area contributed by atoms with Crippen molar-refractivity contribution in [2.75, 3.05) is 13.1 Å². The Bertz CT molecular complexity index is 603. The van der Waals surface area contributed by atoms with Gasteiger partial charge in [-0.1, -0.05) is 29.4 Å². The Morgan fingerprint density at radius 3 is 3.00 bits per heavy atom. The highest BCUT2D eigenvalue weighted by Gasteiger charge is 2.27. The molecule has 1 aliphatic carbocycles. The Morgan fingerprint density at radius 2 is 2.15 bits per heavy atom. The molecule has 4 nitrogen and oxygen atoms in total. The van der Waals surface area contributed by atoms with Gasteiger partial charge < -0.3 is 9.84 Å². The maximum Gasteiger partial charge on any atom is 0.227 e. The molecule has 0 saturated carbocycles. The van der Waals surface area contributed by atoms with Crippen LogP contribution in [0.25, 0.3) is 0 Å². The molecule has 0 amide bonds. The van der Waals surface area contributed by atoms with Crippen molar-refractivity contribution in [2.24, 2.45) is 5.92 Å². The second-order valence-corrected chi connectivity index (χ2v) is 5.92. The fraction of sp³-hybridized carbons (Fsp3) is 0.500. The number of benzene rings is 1. The number of nitrogens with zero attached hydrogens (tertiary/aromatic N) is 2. The molecule has 2 aliphatic rings. The van der Waals surface area contributed by atoms with E-state index in [-0.39, 0.29) is 0 Å². The summed E-state index contributed by atoms with van der Waals surface area (Å²) in [7, 11) is 0. The van der Waals surface area contributed by atoms with Crippen LogP contribution in [0.4, 0.5) is 0 Å². The molecule has 1 atom stereocenters. The number of hydrogen-bond donors (Lipinski definition) is 1. The van der Waals surface area contributed by atoms with Gasteiger partial charge in [-0.05, 0) is 49.4 Å². The first-order chi connectivity index (χ1) is 9.90. The summed E-state index contributed by atoms with van der Waals surface area (Å²) in [5, 5.41) is 7.52. The molecular formula is C16H19N3O. The summed E-state index contributed by atoms with van der Waals surface area (Å²) in [6.45, 7) is 2.15. The first-order valence-corrected chi connectivity index (χ1v) is 7.51. The molecule has 1 saturated heterocycles. The van der Waals surface area contributed by atoms with Gasteiger partial charge in [-0.25, -0.2) is 0 Å². The average molecular weight is 269 g/mol. The highest BCUT2D eigenvalue weighted by atomic mass is 16.5. The molecule has 1 aromatic carbocycles. The molecule has 1 aliphatic heterocycles. The van der Waals surface area contributed by atoms with Crippen LogP contribution in [0.15, 0.2) is 28.8 Å². The molecule has 1 fully saturated rings. The van der Waals surface area contributed by atoms with E-state index >= 15 is 0 Å². The van der Waals surface area contributed by atoms with Gasteiger partial charge in [0.05, 0.1) is 0 Å². The third kappa shape index (κ3) is 2.14. The van der Waals surface area contributed by atoms with Gasteiger partial charge >= 0.3 is 0 Å². The second kappa shape index (κ2) is 5.02. The van der Waals surface area contributed by atoms with Crippen molar-refractivity contribution < 1.29 is 4.52 Å². The van der Waals surface area contributed by atoms with Gasteiger partial charge in [-0.15, -0.1) is 0 Å². The van der Waals surface area contributed by atoms with Crippen molar-refractivity contribution in [1.29, 1.82) is 0 Å². The van der Waals surface area contributed by atoms with E-state index in [0.717, 1.165) is 37.6 Å². The summed E-state index contributed by atoms with van der Waals surface area (Å²) >= 11 is 0. The van der Waals surface area contributed by atoms with E-state index in [1.165, 1.54) is 24.0 Å². The lowest BCUT2D eigenvalue weighted by atomic mass is 9.82. The molecule has 4 heteroatoms. The van der Waals surface area contributed by atoms with Crippen LogP contribution in [-0.4, -0.2) is 23.2 Å². The third-order valence-electron chi connectivity index (χ3n) is 4.49. The molecule has 1 unspecified atom stereocenters. The lowest BCUT2D eigenvalue weighted by Gasteiger charge is -2.25. The Balaban J connectivity index is 1.58. The van der Waals surface area contributed by atoms with E-state index in [1.54, 1.807) is 0 Å². The highest BCUT2D eigenvalue weighted by Crippen LogP contribution is 2.35. The first-order valence-electron chi connectivity index (χ1n) is 7.51. The molecule has 20 heavy (non-hydrogen) atoms. The molecule has 2 aromatic rings. The van der Waals surface area contributed by atoms with Crippen molar-refractivity contribution in [3.63, 3.8) is 0 Å². The van der Waals surface area contributed by atoms with Crippen LogP contribution in [0.2, 0.25) is 0 Å². The minimum Gasteiger partial charge on any atom is -0.339 e. The smallest absolute Gasteiger partial charge is 0.227 e. The number of nitrogens with one attached hydrogen (secondary N) is 1. The van der Waals surface area contributed by atoms with Gasteiger partial charge in [0.25, 0.3) is 0 Å². The average Bonchev–Trinajstić information content (AvgIpc) is 2.91. The maximum absolute atomic E-state index is 5.45. The number of aryl methyl sites for hydroxylation is 1. The van der Waals surface area contributed by atoms with Gasteiger partial charge in [0.1, 0.15) is 0 Å². The zero-order valence-electron chi connectivity index (χ0n) is 11.5. The van der Waals surface area contributed by atoms with Crippen LogP contribution in [0.3, 0.4) is 0 Å². The maximum atomic E-state index is 5.45. The van der Waals surface area contributed by atoms with Crippen LogP contribution < -0.4 is 5.32 Å². The lowest BCUT2D eigenvalue weighted by molar-refractivity contribution is 0.294. The molecule has 104 valence electrons. The van der Waals surface area contributed by atoms with Gasteiger partial charge in [0, 0.05) is 12.3 Å². The van der Waals surface area contributed by atoms with E-state index in [9.17, 15) is 0 Å². The predicted octanol–water partition coefficient (Wildman–Crippen LogP) is 2.30. The molecular weight excluding hydrogens is 250 g/mol. The number of rotatable bonds is 3. The fourth-order valence-electron chi connectivity index (χ4n) is 3.25. The monoisotopic (exact) mass is 269 g/mol. The van der Waals surface area contributed by atoms with Gasteiger partial charge in [0.2, 0.25) is 5.89 Å². The predicted molar refractivity (Wildman–Crippen MR) is 75.6 cm³/mol.